The normalized spacial score (nSPS) is 17.6. The summed E-state index contributed by atoms with van der Waals surface area (Å²) in [7, 11) is 0. The first-order valence-electron chi connectivity index (χ1n) is 5.97. The number of benzene rings is 1. The second-order valence-corrected chi connectivity index (χ2v) is 4.43. The molecule has 0 radical (unpaired) electrons. The lowest BCUT2D eigenvalue weighted by Gasteiger charge is -2.31. The minimum atomic E-state index is -0.153. The van der Waals surface area contributed by atoms with Gasteiger partial charge in [-0.05, 0) is 25.0 Å². The van der Waals surface area contributed by atoms with E-state index in [0.29, 0.717) is 0 Å². The quantitative estimate of drug-likeness (QED) is 0.806. The first-order chi connectivity index (χ1) is 8.34. The SMILES string of the molecule is OC1CCN(c2ncnc3ccccc23)CC1. The third kappa shape index (κ3) is 1.96. The molecule has 0 spiro atoms. The highest BCUT2D eigenvalue weighted by Gasteiger charge is 2.19. The van der Waals surface area contributed by atoms with Crippen LogP contribution in [-0.4, -0.2) is 34.3 Å². The van der Waals surface area contributed by atoms with Gasteiger partial charge in [-0.25, -0.2) is 9.97 Å². The molecule has 1 aromatic heterocycles. The summed E-state index contributed by atoms with van der Waals surface area (Å²) in [6.07, 6.45) is 3.10. The van der Waals surface area contributed by atoms with Crippen LogP contribution in [0, 0.1) is 0 Å². The van der Waals surface area contributed by atoms with Crippen LogP contribution in [0.5, 0.6) is 0 Å². The van der Waals surface area contributed by atoms with Gasteiger partial charge in [-0.3, -0.25) is 0 Å². The molecule has 2 heterocycles. The fraction of sp³-hybridized carbons (Fsp3) is 0.385. The Kier molecular flexibility index (Phi) is 2.65. The molecule has 1 saturated heterocycles. The molecule has 17 heavy (non-hydrogen) atoms. The van der Waals surface area contributed by atoms with Gasteiger partial charge in [-0.15, -0.1) is 0 Å². The number of fused-ring (bicyclic) bond motifs is 1. The number of anilines is 1. The van der Waals surface area contributed by atoms with Crippen LogP contribution in [0.15, 0.2) is 30.6 Å². The van der Waals surface area contributed by atoms with Crippen LogP contribution in [0.4, 0.5) is 5.82 Å². The maximum absolute atomic E-state index is 9.53. The number of hydrogen-bond acceptors (Lipinski definition) is 4. The molecule has 1 fully saturated rings. The molecule has 1 aliphatic heterocycles. The summed E-state index contributed by atoms with van der Waals surface area (Å²) in [5.74, 6) is 0.988. The van der Waals surface area contributed by atoms with E-state index < -0.39 is 0 Å². The Morgan fingerprint density at radius 3 is 2.71 bits per heavy atom. The predicted molar refractivity (Wildman–Crippen MR) is 67.0 cm³/mol. The van der Waals surface area contributed by atoms with Gasteiger partial charge in [0.1, 0.15) is 12.1 Å². The van der Waals surface area contributed by atoms with Crippen molar-refractivity contribution in [2.24, 2.45) is 0 Å². The van der Waals surface area contributed by atoms with Crippen molar-refractivity contribution in [3.63, 3.8) is 0 Å². The van der Waals surface area contributed by atoms with Crippen LogP contribution < -0.4 is 4.90 Å². The average molecular weight is 229 g/mol. The Hall–Kier alpha value is -1.68. The molecule has 0 unspecified atom stereocenters. The van der Waals surface area contributed by atoms with Crippen molar-refractivity contribution < 1.29 is 5.11 Å². The summed E-state index contributed by atoms with van der Waals surface area (Å²) in [4.78, 5) is 10.9. The Labute approximate surface area is 99.9 Å². The first-order valence-corrected chi connectivity index (χ1v) is 5.97. The third-order valence-electron chi connectivity index (χ3n) is 3.29. The Morgan fingerprint density at radius 2 is 1.88 bits per heavy atom. The molecule has 4 heteroatoms. The van der Waals surface area contributed by atoms with Crippen molar-refractivity contribution in [1.82, 2.24) is 9.97 Å². The van der Waals surface area contributed by atoms with E-state index in [1.807, 2.05) is 18.2 Å². The zero-order chi connectivity index (χ0) is 11.7. The summed E-state index contributed by atoms with van der Waals surface area (Å²) in [6.45, 7) is 1.73. The Bertz CT molecular complexity index is 516. The van der Waals surface area contributed by atoms with E-state index in [2.05, 4.69) is 20.9 Å². The van der Waals surface area contributed by atoms with E-state index in [9.17, 15) is 5.11 Å². The number of aliphatic hydroxyl groups excluding tert-OH is 1. The molecule has 0 aliphatic carbocycles. The van der Waals surface area contributed by atoms with Gasteiger partial charge < -0.3 is 10.0 Å². The molecule has 2 aromatic rings. The van der Waals surface area contributed by atoms with E-state index in [1.165, 1.54) is 0 Å². The highest BCUT2D eigenvalue weighted by atomic mass is 16.3. The molecule has 3 rings (SSSR count). The fourth-order valence-corrected chi connectivity index (χ4v) is 2.32. The number of para-hydroxylation sites is 1. The van der Waals surface area contributed by atoms with Crippen LogP contribution in [0.2, 0.25) is 0 Å². The average Bonchev–Trinajstić information content (AvgIpc) is 2.39. The summed E-state index contributed by atoms with van der Waals surface area (Å²) in [5.41, 5.74) is 0.976. The molecule has 0 atom stereocenters. The van der Waals surface area contributed by atoms with Crippen molar-refractivity contribution >= 4 is 16.7 Å². The van der Waals surface area contributed by atoms with Crippen molar-refractivity contribution in [1.29, 1.82) is 0 Å². The number of nitrogens with zero attached hydrogens (tertiary/aromatic N) is 3. The predicted octanol–water partition coefficient (Wildman–Crippen LogP) is 1.59. The van der Waals surface area contributed by atoms with E-state index in [-0.39, 0.29) is 6.10 Å². The largest absolute Gasteiger partial charge is 0.393 e. The molecule has 0 bridgehead atoms. The molecule has 1 N–H and O–H groups in total. The minimum absolute atomic E-state index is 0.153. The van der Waals surface area contributed by atoms with Gasteiger partial charge in [-0.1, -0.05) is 12.1 Å². The second kappa shape index (κ2) is 4.30. The Balaban J connectivity index is 2.00. The monoisotopic (exact) mass is 229 g/mol. The lowest BCUT2D eigenvalue weighted by Crippen LogP contribution is -2.36. The van der Waals surface area contributed by atoms with Gasteiger partial charge >= 0.3 is 0 Å². The Morgan fingerprint density at radius 1 is 1.12 bits per heavy atom. The topological polar surface area (TPSA) is 49.2 Å². The minimum Gasteiger partial charge on any atom is -0.393 e. The number of aliphatic hydroxyl groups is 1. The summed E-state index contributed by atoms with van der Waals surface area (Å²) in [5, 5.41) is 10.6. The smallest absolute Gasteiger partial charge is 0.139 e. The zero-order valence-corrected chi connectivity index (χ0v) is 9.58. The summed E-state index contributed by atoms with van der Waals surface area (Å²) in [6, 6.07) is 8.04. The van der Waals surface area contributed by atoms with Gasteiger partial charge in [0.2, 0.25) is 0 Å². The van der Waals surface area contributed by atoms with Crippen LogP contribution in [-0.2, 0) is 0 Å². The number of aromatic nitrogens is 2. The van der Waals surface area contributed by atoms with Crippen LogP contribution in [0.1, 0.15) is 12.8 Å². The molecule has 0 amide bonds. The number of rotatable bonds is 1. The van der Waals surface area contributed by atoms with Gasteiger partial charge in [0.05, 0.1) is 11.6 Å². The molecular formula is C13H15N3O. The third-order valence-corrected chi connectivity index (χ3v) is 3.29. The first kappa shape index (κ1) is 10.5. The summed E-state index contributed by atoms with van der Waals surface area (Å²) < 4.78 is 0. The van der Waals surface area contributed by atoms with E-state index >= 15 is 0 Å². The van der Waals surface area contributed by atoms with E-state index in [0.717, 1.165) is 42.7 Å². The maximum Gasteiger partial charge on any atom is 0.139 e. The van der Waals surface area contributed by atoms with Crippen molar-refractivity contribution in [2.75, 3.05) is 18.0 Å². The van der Waals surface area contributed by atoms with Crippen molar-refractivity contribution in [2.45, 2.75) is 18.9 Å². The lowest BCUT2D eigenvalue weighted by atomic mass is 10.1. The molecule has 1 aliphatic rings. The maximum atomic E-state index is 9.53. The van der Waals surface area contributed by atoms with E-state index in [1.54, 1.807) is 6.33 Å². The highest BCUT2D eigenvalue weighted by Crippen LogP contribution is 2.25. The van der Waals surface area contributed by atoms with Crippen LogP contribution in [0.25, 0.3) is 10.9 Å². The number of hydrogen-bond donors (Lipinski definition) is 1. The van der Waals surface area contributed by atoms with Gasteiger partial charge in [-0.2, -0.15) is 0 Å². The molecular weight excluding hydrogens is 214 g/mol. The lowest BCUT2D eigenvalue weighted by molar-refractivity contribution is 0.145. The fourth-order valence-electron chi connectivity index (χ4n) is 2.32. The van der Waals surface area contributed by atoms with Crippen LogP contribution >= 0.6 is 0 Å². The van der Waals surface area contributed by atoms with Crippen molar-refractivity contribution in [3.05, 3.63) is 30.6 Å². The molecule has 0 saturated carbocycles. The standard InChI is InChI=1S/C13H15N3O/c17-10-5-7-16(8-6-10)13-11-3-1-2-4-12(11)14-9-15-13/h1-4,9-10,17H,5-8H2. The van der Waals surface area contributed by atoms with Gasteiger partial charge in [0, 0.05) is 18.5 Å². The molecule has 88 valence electrons. The van der Waals surface area contributed by atoms with Gasteiger partial charge in [0.15, 0.2) is 0 Å². The summed E-state index contributed by atoms with van der Waals surface area (Å²) >= 11 is 0. The van der Waals surface area contributed by atoms with Crippen molar-refractivity contribution in [3.8, 4) is 0 Å². The van der Waals surface area contributed by atoms with E-state index in [4.69, 9.17) is 0 Å². The number of piperidine rings is 1. The molecule has 1 aromatic carbocycles. The van der Waals surface area contributed by atoms with Crippen LogP contribution in [0.3, 0.4) is 0 Å². The highest BCUT2D eigenvalue weighted by molar-refractivity contribution is 5.89. The van der Waals surface area contributed by atoms with Gasteiger partial charge in [0.25, 0.3) is 0 Å². The zero-order valence-electron chi connectivity index (χ0n) is 9.58. The second-order valence-electron chi connectivity index (χ2n) is 4.43. The molecule has 4 nitrogen and oxygen atoms in total.